The van der Waals surface area contributed by atoms with E-state index in [1.54, 1.807) is 5.10 Å². The average molecular weight is 358 g/mol. The van der Waals surface area contributed by atoms with Gasteiger partial charge in [-0.2, -0.15) is 18.3 Å². The fourth-order valence-electron chi connectivity index (χ4n) is 2.20. The van der Waals surface area contributed by atoms with E-state index in [0.29, 0.717) is 0 Å². The van der Waals surface area contributed by atoms with E-state index >= 15 is 0 Å². The molecular weight excluding hydrogens is 345 g/mol. The lowest BCUT2D eigenvalue weighted by atomic mass is 10.2. The van der Waals surface area contributed by atoms with Crippen molar-refractivity contribution < 1.29 is 23.1 Å². The summed E-state index contributed by atoms with van der Waals surface area (Å²) in [5, 5.41) is 16.4. The highest BCUT2D eigenvalue weighted by atomic mass is 19.4. The normalized spacial score (nSPS) is 12.6. The van der Waals surface area contributed by atoms with Crippen LogP contribution in [0, 0.1) is 0 Å². The third-order valence-electron chi connectivity index (χ3n) is 3.24. The average Bonchev–Trinajstić information content (AvgIpc) is 2.47. The van der Waals surface area contributed by atoms with Crippen LogP contribution in [0.5, 0.6) is 0 Å². The summed E-state index contributed by atoms with van der Waals surface area (Å²) in [6, 6.07) is 1.44. The van der Waals surface area contributed by atoms with E-state index in [-0.39, 0.29) is 12.1 Å². The van der Waals surface area contributed by atoms with Crippen LogP contribution in [0.4, 0.5) is 18.9 Å². The first kappa shape index (κ1) is 18.2. The zero-order valence-corrected chi connectivity index (χ0v) is 12.8. The molecule has 0 aromatic carbocycles. The van der Waals surface area contributed by atoms with Gasteiger partial charge >= 0.3 is 12.1 Å². The van der Waals surface area contributed by atoms with Crippen molar-refractivity contribution in [3.05, 3.63) is 56.4 Å². The molecule has 11 heteroatoms. The van der Waals surface area contributed by atoms with Gasteiger partial charge in [0.25, 0.3) is 11.1 Å². The Kier molecular flexibility index (Phi) is 4.95. The van der Waals surface area contributed by atoms with E-state index in [1.165, 1.54) is 6.92 Å². The van der Waals surface area contributed by atoms with E-state index in [9.17, 15) is 27.6 Å². The van der Waals surface area contributed by atoms with Crippen molar-refractivity contribution in [2.75, 3.05) is 5.32 Å². The van der Waals surface area contributed by atoms with E-state index in [1.807, 2.05) is 0 Å². The highest BCUT2D eigenvalue weighted by molar-refractivity contribution is 5.87. The molecule has 0 saturated carbocycles. The molecule has 2 aromatic heterocycles. The van der Waals surface area contributed by atoms with Crippen molar-refractivity contribution in [2.45, 2.75) is 25.7 Å². The molecule has 25 heavy (non-hydrogen) atoms. The zero-order valence-electron chi connectivity index (χ0n) is 12.8. The zero-order chi connectivity index (χ0) is 18.8. The van der Waals surface area contributed by atoms with Crippen LogP contribution in [-0.2, 0) is 12.7 Å². The molecule has 0 aliphatic rings. The number of alkyl halides is 3. The van der Waals surface area contributed by atoms with Gasteiger partial charge in [-0.1, -0.05) is 0 Å². The molecule has 0 fully saturated rings. The van der Waals surface area contributed by atoms with Crippen molar-refractivity contribution in [3.8, 4) is 0 Å². The van der Waals surface area contributed by atoms with Crippen molar-refractivity contribution in [1.29, 1.82) is 0 Å². The second-order valence-corrected chi connectivity index (χ2v) is 5.24. The fraction of sp³-hybridized carbons (Fsp3) is 0.286. The predicted molar refractivity (Wildman–Crippen MR) is 80.6 cm³/mol. The number of aromatic carboxylic acids is 1. The molecule has 0 saturated heterocycles. The molecule has 134 valence electrons. The second kappa shape index (κ2) is 6.79. The predicted octanol–water partition coefficient (Wildman–Crippen LogP) is 1.15. The topological polar surface area (TPSA) is 117 Å². The summed E-state index contributed by atoms with van der Waals surface area (Å²) in [7, 11) is 0. The van der Waals surface area contributed by atoms with Crippen LogP contribution < -0.4 is 16.4 Å². The molecule has 2 heterocycles. The number of hydrogen-bond donors (Lipinski definition) is 3. The molecule has 0 aliphatic carbocycles. The summed E-state index contributed by atoms with van der Waals surface area (Å²) < 4.78 is 40.0. The number of carboxylic acids is 1. The van der Waals surface area contributed by atoms with Crippen LogP contribution in [0.2, 0.25) is 0 Å². The molecule has 2 aromatic rings. The lowest BCUT2D eigenvalue weighted by molar-refractivity contribution is -0.138. The maximum Gasteiger partial charge on any atom is 0.423 e. The number of H-pyrrole nitrogens is 1. The number of carboxylic acid groups (broad SMARTS) is 1. The summed E-state index contributed by atoms with van der Waals surface area (Å²) in [6.07, 6.45) is -2.99. The van der Waals surface area contributed by atoms with Gasteiger partial charge in [-0.05, 0) is 13.0 Å². The first-order valence-electron chi connectivity index (χ1n) is 6.95. The number of nitrogens with one attached hydrogen (secondary N) is 2. The lowest BCUT2D eigenvalue weighted by Crippen LogP contribution is -2.32. The highest BCUT2D eigenvalue weighted by Crippen LogP contribution is 2.31. The third kappa shape index (κ3) is 4.25. The first-order chi connectivity index (χ1) is 11.6. The molecule has 1 atom stereocenters. The number of pyridine rings is 1. The number of carbonyl (C=O) groups is 1. The minimum Gasteiger partial charge on any atom is -0.478 e. The van der Waals surface area contributed by atoms with E-state index < -0.39 is 40.6 Å². The first-order valence-corrected chi connectivity index (χ1v) is 6.95. The SMILES string of the molecule is CC(Cn1cc(C(=O)O)ccc1=O)Nc1cn[nH]c(=O)c1C(F)(F)F. The molecule has 0 aliphatic heterocycles. The Morgan fingerprint density at radius 3 is 2.68 bits per heavy atom. The van der Waals surface area contributed by atoms with Crippen molar-refractivity contribution in [1.82, 2.24) is 14.8 Å². The number of aromatic amines is 1. The van der Waals surface area contributed by atoms with Gasteiger partial charge in [0.2, 0.25) is 0 Å². The number of rotatable bonds is 5. The Morgan fingerprint density at radius 1 is 1.40 bits per heavy atom. The van der Waals surface area contributed by atoms with Gasteiger partial charge in [-0.3, -0.25) is 9.59 Å². The number of nitrogens with zero attached hydrogens (tertiary/aromatic N) is 2. The smallest absolute Gasteiger partial charge is 0.423 e. The molecule has 2 rings (SSSR count). The van der Waals surface area contributed by atoms with Gasteiger partial charge in [0.15, 0.2) is 0 Å². The Bertz CT molecular complexity index is 904. The molecular formula is C14H13F3N4O4. The summed E-state index contributed by atoms with van der Waals surface area (Å²) in [6.45, 7) is 1.35. The van der Waals surface area contributed by atoms with Gasteiger partial charge in [-0.15, -0.1) is 0 Å². The monoisotopic (exact) mass is 358 g/mol. The number of anilines is 1. The molecule has 8 nitrogen and oxygen atoms in total. The number of aromatic nitrogens is 3. The van der Waals surface area contributed by atoms with Crippen LogP contribution in [0.1, 0.15) is 22.8 Å². The number of hydrogen-bond acceptors (Lipinski definition) is 5. The van der Waals surface area contributed by atoms with Gasteiger partial charge in [-0.25, -0.2) is 9.89 Å². The minimum atomic E-state index is -4.89. The quantitative estimate of drug-likeness (QED) is 0.738. The van der Waals surface area contributed by atoms with Crippen LogP contribution >= 0.6 is 0 Å². The van der Waals surface area contributed by atoms with Crippen LogP contribution in [0.3, 0.4) is 0 Å². The Morgan fingerprint density at radius 2 is 2.08 bits per heavy atom. The van der Waals surface area contributed by atoms with Crippen LogP contribution in [0.25, 0.3) is 0 Å². The Labute approximate surface area is 137 Å². The van der Waals surface area contributed by atoms with E-state index in [0.717, 1.165) is 29.1 Å². The van der Waals surface area contributed by atoms with Gasteiger partial charge in [0.05, 0.1) is 17.4 Å². The molecule has 0 bridgehead atoms. The van der Waals surface area contributed by atoms with Crippen LogP contribution in [0.15, 0.2) is 34.1 Å². The van der Waals surface area contributed by atoms with Gasteiger partial charge in [0, 0.05) is 24.8 Å². The summed E-state index contributed by atoms with van der Waals surface area (Å²) in [5.41, 5.74) is -4.01. The minimum absolute atomic E-state index is 0.121. The largest absolute Gasteiger partial charge is 0.478 e. The number of halogens is 3. The van der Waals surface area contributed by atoms with E-state index in [2.05, 4.69) is 10.4 Å². The summed E-state index contributed by atoms with van der Waals surface area (Å²) in [4.78, 5) is 34.1. The van der Waals surface area contributed by atoms with E-state index in [4.69, 9.17) is 5.11 Å². The maximum atomic E-state index is 13.0. The third-order valence-corrected chi connectivity index (χ3v) is 3.24. The summed E-state index contributed by atoms with van der Waals surface area (Å²) >= 11 is 0. The highest BCUT2D eigenvalue weighted by Gasteiger charge is 2.37. The van der Waals surface area contributed by atoms with Crippen LogP contribution in [-0.4, -0.2) is 31.9 Å². The Hall–Kier alpha value is -3.11. The molecule has 3 N–H and O–H groups in total. The fourth-order valence-corrected chi connectivity index (χ4v) is 2.20. The molecule has 1 unspecified atom stereocenters. The van der Waals surface area contributed by atoms with Crippen molar-refractivity contribution >= 4 is 11.7 Å². The lowest BCUT2D eigenvalue weighted by Gasteiger charge is -2.19. The standard InChI is InChI=1S/C14H13F3N4O4/c1-7(5-21-6-8(13(24)25)2-3-10(21)22)19-9-4-18-20-12(23)11(9)14(15,16)17/h2-4,6-7H,5H2,1H3,(H,24,25)(H2,19,20,23). The van der Waals surface area contributed by atoms with Gasteiger partial charge in [0.1, 0.15) is 5.56 Å². The maximum absolute atomic E-state index is 13.0. The molecule has 0 amide bonds. The van der Waals surface area contributed by atoms with Gasteiger partial charge < -0.3 is 15.0 Å². The Balaban J connectivity index is 2.28. The summed E-state index contributed by atoms with van der Waals surface area (Å²) in [5.74, 6) is -1.24. The molecule has 0 radical (unpaired) electrons. The van der Waals surface area contributed by atoms with Crippen molar-refractivity contribution in [3.63, 3.8) is 0 Å². The van der Waals surface area contributed by atoms with Crippen molar-refractivity contribution in [2.24, 2.45) is 0 Å². The second-order valence-electron chi connectivity index (χ2n) is 5.24. The molecule has 0 spiro atoms.